The first-order chi connectivity index (χ1) is 12.5. The molecule has 2 aliphatic rings. The van der Waals surface area contributed by atoms with Crippen molar-refractivity contribution in [2.24, 2.45) is 5.41 Å². The van der Waals surface area contributed by atoms with E-state index >= 15 is 0 Å². The van der Waals surface area contributed by atoms with Crippen molar-refractivity contribution in [3.8, 4) is 0 Å². The number of anilines is 1. The number of fused-ring (bicyclic) bond motifs is 1. The molecule has 0 radical (unpaired) electrons. The monoisotopic (exact) mass is 358 g/mol. The Balaban J connectivity index is 1.70. The van der Waals surface area contributed by atoms with Crippen LogP contribution < -0.4 is 15.5 Å². The number of amides is 3. The Bertz CT molecular complexity index is 865. The van der Waals surface area contributed by atoms with Crippen LogP contribution in [-0.4, -0.2) is 59.9 Å². The summed E-state index contributed by atoms with van der Waals surface area (Å²) in [5.41, 5.74) is 2.40. The first kappa shape index (κ1) is 16.8. The summed E-state index contributed by atoms with van der Waals surface area (Å²) in [5.74, 6) is -0.858. The zero-order chi connectivity index (χ0) is 18.3. The largest absolute Gasteiger partial charge is 0.384 e. The highest BCUT2D eigenvalue weighted by atomic mass is 16.5. The van der Waals surface area contributed by atoms with E-state index in [9.17, 15) is 9.59 Å². The van der Waals surface area contributed by atoms with Crippen LogP contribution in [0.2, 0.25) is 0 Å². The van der Waals surface area contributed by atoms with Crippen LogP contribution in [0.5, 0.6) is 0 Å². The second kappa shape index (κ2) is 6.24. The van der Waals surface area contributed by atoms with E-state index in [2.05, 4.69) is 32.5 Å². The molecule has 4 heterocycles. The Morgan fingerprint density at radius 1 is 1.42 bits per heavy atom. The second-order valence-electron chi connectivity index (χ2n) is 7.32. The number of hydrogen-bond acceptors (Lipinski definition) is 6. The summed E-state index contributed by atoms with van der Waals surface area (Å²) in [4.78, 5) is 30.3. The van der Waals surface area contributed by atoms with E-state index in [0.717, 1.165) is 30.8 Å². The van der Waals surface area contributed by atoms with Gasteiger partial charge in [0, 0.05) is 44.6 Å². The van der Waals surface area contributed by atoms with E-state index < -0.39 is 11.9 Å². The van der Waals surface area contributed by atoms with Gasteiger partial charge >= 0.3 is 6.03 Å². The number of carbonyl (C=O) groups excluding carboxylic acids is 2. The Kier molecular flexibility index (Phi) is 4.03. The molecule has 2 fully saturated rings. The third kappa shape index (κ3) is 2.88. The van der Waals surface area contributed by atoms with Gasteiger partial charge in [-0.15, -0.1) is 0 Å². The molecule has 26 heavy (non-hydrogen) atoms. The van der Waals surface area contributed by atoms with E-state index in [-0.39, 0.29) is 17.9 Å². The SMILES string of the molecule is COCC1(C)CCN(c2cc(C3CNC(=O)NC3=O)nn3ccnc23)C1. The maximum absolute atomic E-state index is 12.2. The summed E-state index contributed by atoms with van der Waals surface area (Å²) in [6.45, 7) is 4.88. The van der Waals surface area contributed by atoms with Crippen LogP contribution in [0.1, 0.15) is 25.0 Å². The summed E-state index contributed by atoms with van der Waals surface area (Å²) in [7, 11) is 1.72. The third-order valence-corrected chi connectivity index (χ3v) is 5.13. The van der Waals surface area contributed by atoms with Crippen molar-refractivity contribution in [1.82, 2.24) is 25.2 Å². The highest BCUT2D eigenvalue weighted by Crippen LogP contribution is 2.35. The van der Waals surface area contributed by atoms with E-state index in [0.29, 0.717) is 12.3 Å². The number of methoxy groups -OCH3 is 1. The summed E-state index contributed by atoms with van der Waals surface area (Å²) in [6, 6.07) is 1.45. The molecule has 2 unspecified atom stereocenters. The van der Waals surface area contributed by atoms with Gasteiger partial charge in [0.25, 0.3) is 0 Å². The van der Waals surface area contributed by atoms with E-state index in [4.69, 9.17) is 4.74 Å². The molecule has 4 rings (SSSR count). The Morgan fingerprint density at radius 2 is 2.27 bits per heavy atom. The summed E-state index contributed by atoms with van der Waals surface area (Å²) in [5, 5.41) is 9.49. The minimum atomic E-state index is -0.522. The first-order valence-corrected chi connectivity index (χ1v) is 8.66. The van der Waals surface area contributed by atoms with Crippen LogP contribution in [0.25, 0.3) is 5.65 Å². The fourth-order valence-corrected chi connectivity index (χ4v) is 3.79. The van der Waals surface area contributed by atoms with Gasteiger partial charge in [0.2, 0.25) is 5.91 Å². The highest BCUT2D eigenvalue weighted by Gasteiger charge is 2.36. The summed E-state index contributed by atoms with van der Waals surface area (Å²) in [6.07, 6.45) is 4.49. The molecule has 138 valence electrons. The number of nitrogens with one attached hydrogen (secondary N) is 2. The summed E-state index contributed by atoms with van der Waals surface area (Å²) >= 11 is 0. The molecule has 2 aromatic rings. The van der Waals surface area contributed by atoms with Gasteiger partial charge in [0.05, 0.1) is 23.9 Å². The number of imidazole rings is 1. The van der Waals surface area contributed by atoms with Gasteiger partial charge in [-0.3, -0.25) is 10.1 Å². The lowest BCUT2D eigenvalue weighted by molar-refractivity contribution is -0.122. The van der Waals surface area contributed by atoms with Crippen LogP contribution in [-0.2, 0) is 9.53 Å². The molecule has 0 saturated carbocycles. The Labute approximate surface area is 150 Å². The molecule has 0 bridgehead atoms. The zero-order valence-corrected chi connectivity index (χ0v) is 14.9. The van der Waals surface area contributed by atoms with Crippen LogP contribution in [0.15, 0.2) is 18.5 Å². The van der Waals surface area contributed by atoms with Crippen molar-refractivity contribution in [3.05, 3.63) is 24.2 Å². The molecule has 0 aliphatic carbocycles. The molecular weight excluding hydrogens is 336 g/mol. The van der Waals surface area contributed by atoms with Crippen molar-refractivity contribution in [2.45, 2.75) is 19.3 Å². The number of urea groups is 1. The molecule has 2 N–H and O–H groups in total. The van der Waals surface area contributed by atoms with Gasteiger partial charge in [0.15, 0.2) is 5.65 Å². The van der Waals surface area contributed by atoms with E-state index in [1.165, 1.54) is 0 Å². The minimum absolute atomic E-state index is 0.0813. The lowest BCUT2D eigenvalue weighted by Gasteiger charge is -2.26. The molecular formula is C17H22N6O3. The highest BCUT2D eigenvalue weighted by molar-refractivity contribution is 6.00. The van der Waals surface area contributed by atoms with Gasteiger partial charge < -0.3 is 15.0 Å². The number of aromatic nitrogens is 3. The molecule has 9 heteroatoms. The van der Waals surface area contributed by atoms with Crippen LogP contribution in [0.3, 0.4) is 0 Å². The van der Waals surface area contributed by atoms with E-state index in [1.807, 2.05) is 6.07 Å². The zero-order valence-electron chi connectivity index (χ0n) is 14.9. The molecule has 0 spiro atoms. The Hall–Kier alpha value is -2.68. The van der Waals surface area contributed by atoms with Crippen LogP contribution in [0, 0.1) is 5.41 Å². The lowest BCUT2D eigenvalue weighted by Crippen LogP contribution is -2.51. The van der Waals surface area contributed by atoms with Gasteiger partial charge in [-0.2, -0.15) is 5.10 Å². The smallest absolute Gasteiger partial charge is 0.321 e. The molecule has 2 atom stereocenters. The number of carbonyl (C=O) groups is 2. The Morgan fingerprint density at radius 3 is 3.04 bits per heavy atom. The topological polar surface area (TPSA) is 101 Å². The maximum Gasteiger partial charge on any atom is 0.321 e. The normalized spacial score (nSPS) is 26.2. The quantitative estimate of drug-likeness (QED) is 0.826. The minimum Gasteiger partial charge on any atom is -0.384 e. The van der Waals surface area contributed by atoms with Crippen LogP contribution in [0.4, 0.5) is 10.5 Å². The number of ether oxygens (including phenoxy) is 1. The number of hydrogen-bond donors (Lipinski definition) is 2. The molecule has 3 amide bonds. The predicted molar refractivity (Wildman–Crippen MR) is 94.1 cm³/mol. The van der Waals surface area contributed by atoms with Crippen molar-refractivity contribution < 1.29 is 14.3 Å². The summed E-state index contributed by atoms with van der Waals surface area (Å²) < 4.78 is 7.07. The van der Waals surface area contributed by atoms with Crippen molar-refractivity contribution >= 4 is 23.3 Å². The predicted octanol–water partition coefficient (Wildman–Crippen LogP) is 0.515. The van der Waals surface area contributed by atoms with Crippen molar-refractivity contribution in [1.29, 1.82) is 0 Å². The van der Waals surface area contributed by atoms with Gasteiger partial charge in [0.1, 0.15) is 0 Å². The van der Waals surface area contributed by atoms with Gasteiger partial charge in [-0.05, 0) is 12.5 Å². The number of imide groups is 1. The van der Waals surface area contributed by atoms with Crippen molar-refractivity contribution in [3.63, 3.8) is 0 Å². The molecule has 0 aromatic carbocycles. The van der Waals surface area contributed by atoms with Gasteiger partial charge in [-0.25, -0.2) is 14.3 Å². The fraction of sp³-hybridized carbons (Fsp3) is 0.529. The standard InChI is InChI=1S/C17H22N6O3/c1-17(10-26-2)3-5-22(9-17)13-7-12(21-23-6-4-18-14(13)23)11-8-19-16(25)20-15(11)24/h4,6-7,11H,3,5,8-10H2,1-2H3,(H2,19,20,24,25). The molecule has 2 aromatic heterocycles. The average molecular weight is 358 g/mol. The average Bonchev–Trinajstić information content (AvgIpc) is 3.21. The number of nitrogens with zero attached hydrogens (tertiary/aromatic N) is 4. The van der Waals surface area contributed by atoms with Crippen LogP contribution >= 0.6 is 0 Å². The van der Waals surface area contributed by atoms with Gasteiger partial charge in [-0.1, -0.05) is 6.92 Å². The molecule has 2 aliphatic heterocycles. The maximum atomic E-state index is 12.2. The molecule has 2 saturated heterocycles. The lowest BCUT2D eigenvalue weighted by atomic mass is 9.91. The van der Waals surface area contributed by atoms with E-state index in [1.54, 1.807) is 24.0 Å². The number of rotatable bonds is 4. The second-order valence-corrected chi connectivity index (χ2v) is 7.32. The molecule has 9 nitrogen and oxygen atoms in total. The third-order valence-electron chi connectivity index (χ3n) is 5.13. The van der Waals surface area contributed by atoms with Crippen molar-refractivity contribution in [2.75, 3.05) is 38.3 Å². The fourth-order valence-electron chi connectivity index (χ4n) is 3.79. The first-order valence-electron chi connectivity index (χ1n) is 8.66.